The van der Waals surface area contributed by atoms with Crippen LogP contribution in [0.25, 0.3) is 0 Å². The Balaban J connectivity index is 0.000000541. The van der Waals surface area contributed by atoms with Crippen molar-refractivity contribution in [3.63, 3.8) is 0 Å². The van der Waals surface area contributed by atoms with E-state index in [0.29, 0.717) is 18.7 Å². The van der Waals surface area contributed by atoms with E-state index in [-0.39, 0.29) is 36.8 Å². The third-order valence-corrected chi connectivity index (χ3v) is 7.16. The SMILES string of the molecule is CC(C)(C)C(=O)[O-].Cc1cc(CN2C(=O)C(c3ccccc3)(c3ccccc3)N=C2N)cc(C(=O)N2CCNC(=O)C2)c1. The van der Waals surface area contributed by atoms with Crippen molar-refractivity contribution < 1.29 is 24.3 Å². The van der Waals surface area contributed by atoms with Gasteiger partial charge >= 0.3 is 0 Å². The van der Waals surface area contributed by atoms with Crippen molar-refractivity contribution in [1.29, 1.82) is 0 Å². The second kappa shape index (κ2) is 12.5. The first-order valence-electron chi connectivity index (χ1n) is 14.0. The standard InChI is InChI=1S/C28H27N5O3.C5H10O2/c1-19-14-20(16-21(15-19)25(35)32-13-12-30-24(34)18-32)17-33-26(36)28(31-27(33)29,22-8-4-2-5-9-22)23-10-6-3-7-11-23;1-5(2,3)4(6)7/h2-11,14-16H,12-13,17-18H2,1H3,(H2,29,31)(H,30,34);1-3H3,(H,6,7)/p-1. The predicted molar refractivity (Wildman–Crippen MR) is 160 cm³/mol. The fraction of sp³-hybridized carbons (Fsp3) is 0.303. The zero-order chi connectivity index (χ0) is 31.4. The number of carboxylic acids is 1. The van der Waals surface area contributed by atoms with Crippen LogP contribution in [0.4, 0.5) is 0 Å². The number of aliphatic imine (C=N–C) groups is 1. The van der Waals surface area contributed by atoms with Crippen LogP contribution >= 0.6 is 0 Å². The van der Waals surface area contributed by atoms with Crippen LogP contribution in [0.2, 0.25) is 0 Å². The molecule has 10 heteroatoms. The Morgan fingerprint density at radius 2 is 1.53 bits per heavy atom. The van der Waals surface area contributed by atoms with Crippen molar-refractivity contribution >= 4 is 29.7 Å². The van der Waals surface area contributed by atoms with Crippen LogP contribution in [0.15, 0.2) is 83.9 Å². The Bertz CT molecular complexity index is 1510. The number of amides is 3. The van der Waals surface area contributed by atoms with Gasteiger partial charge in [-0.1, -0.05) is 87.5 Å². The molecule has 3 aromatic rings. The molecule has 2 aliphatic heterocycles. The smallest absolute Gasteiger partial charge is 0.266 e. The third-order valence-electron chi connectivity index (χ3n) is 7.16. The monoisotopic (exact) mass is 582 g/mol. The lowest BCUT2D eigenvalue weighted by Crippen LogP contribution is -2.50. The summed E-state index contributed by atoms with van der Waals surface area (Å²) >= 11 is 0. The van der Waals surface area contributed by atoms with Crippen LogP contribution in [0.5, 0.6) is 0 Å². The van der Waals surface area contributed by atoms with E-state index < -0.39 is 16.9 Å². The van der Waals surface area contributed by atoms with E-state index in [1.807, 2.05) is 73.7 Å². The highest BCUT2D eigenvalue weighted by molar-refractivity contribution is 6.09. The molecule has 3 aromatic carbocycles. The van der Waals surface area contributed by atoms with Gasteiger partial charge in [0, 0.05) is 30.0 Å². The van der Waals surface area contributed by atoms with E-state index in [0.717, 1.165) is 22.3 Å². The minimum absolute atomic E-state index is 0.0308. The summed E-state index contributed by atoms with van der Waals surface area (Å²) in [4.78, 5) is 56.6. The Hall–Kier alpha value is -4.99. The quantitative estimate of drug-likeness (QED) is 0.470. The maximum atomic E-state index is 14.0. The van der Waals surface area contributed by atoms with E-state index in [9.17, 15) is 24.3 Å². The van der Waals surface area contributed by atoms with Crippen LogP contribution in [-0.2, 0) is 26.5 Å². The van der Waals surface area contributed by atoms with Gasteiger partial charge in [0.25, 0.3) is 11.8 Å². The van der Waals surface area contributed by atoms with Crippen molar-refractivity contribution in [3.05, 3.63) is 107 Å². The third kappa shape index (κ3) is 6.74. The average molecular weight is 583 g/mol. The minimum atomic E-state index is -1.28. The zero-order valence-electron chi connectivity index (χ0n) is 24.8. The van der Waals surface area contributed by atoms with Gasteiger partial charge in [0.05, 0.1) is 13.1 Å². The van der Waals surface area contributed by atoms with Gasteiger partial charge in [-0.3, -0.25) is 19.3 Å². The predicted octanol–water partition coefficient (Wildman–Crippen LogP) is 1.95. The molecule has 0 saturated carbocycles. The maximum Gasteiger partial charge on any atom is 0.266 e. The first-order valence-corrected chi connectivity index (χ1v) is 14.0. The molecule has 1 fully saturated rings. The molecule has 5 rings (SSSR count). The molecule has 2 aliphatic rings. The maximum absolute atomic E-state index is 14.0. The fourth-order valence-corrected chi connectivity index (χ4v) is 4.89. The Kier molecular flexibility index (Phi) is 8.99. The highest BCUT2D eigenvalue weighted by atomic mass is 16.4. The van der Waals surface area contributed by atoms with Gasteiger partial charge < -0.3 is 25.9 Å². The summed E-state index contributed by atoms with van der Waals surface area (Å²) in [5.74, 6) is -1.53. The van der Waals surface area contributed by atoms with E-state index in [2.05, 4.69) is 5.32 Å². The summed E-state index contributed by atoms with van der Waals surface area (Å²) in [6.45, 7) is 7.77. The Labute approximate surface area is 251 Å². The lowest BCUT2D eigenvalue weighted by Gasteiger charge is -2.28. The van der Waals surface area contributed by atoms with E-state index >= 15 is 0 Å². The summed E-state index contributed by atoms with van der Waals surface area (Å²) in [7, 11) is 0. The molecule has 0 bridgehead atoms. The fourth-order valence-electron chi connectivity index (χ4n) is 4.89. The van der Waals surface area contributed by atoms with Crippen molar-refractivity contribution in [1.82, 2.24) is 15.1 Å². The molecule has 0 radical (unpaired) electrons. The summed E-state index contributed by atoms with van der Waals surface area (Å²) in [6.07, 6.45) is 0. The molecule has 43 heavy (non-hydrogen) atoms. The number of carbonyl (C=O) groups is 4. The molecule has 224 valence electrons. The average Bonchev–Trinajstić information content (AvgIpc) is 3.23. The lowest BCUT2D eigenvalue weighted by atomic mass is 9.83. The van der Waals surface area contributed by atoms with Crippen molar-refractivity contribution in [2.24, 2.45) is 16.1 Å². The summed E-state index contributed by atoms with van der Waals surface area (Å²) in [5.41, 5.74) is 7.95. The normalized spacial score (nSPS) is 16.1. The van der Waals surface area contributed by atoms with Gasteiger partial charge in [0.15, 0.2) is 11.5 Å². The number of benzene rings is 3. The second-order valence-electron chi connectivity index (χ2n) is 11.6. The minimum Gasteiger partial charge on any atom is -0.550 e. The van der Waals surface area contributed by atoms with E-state index in [1.54, 1.807) is 32.9 Å². The number of hydrogen-bond donors (Lipinski definition) is 2. The van der Waals surface area contributed by atoms with Crippen LogP contribution < -0.4 is 16.2 Å². The lowest BCUT2D eigenvalue weighted by molar-refractivity contribution is -0.316. The number of nitrogens with one attached hydrogen (secondary N) is 1. The molecule has 10 nitrogen and oxygen atoms in total. The largest absolute Gasteiger partial charge is 0.550 e. The summed E-state index contributed by atoms with van der Waals surface area (Å²) in [6, 6.07) is 24.3. The summed E-state index contributed by atoms with van der Waals surface area (Å²) in [5, 5.41) is 12.6. The van der Waals surface area contributed by atoms with Gasteiger partial charge in [-0.25, -0.2) is 4.99 Å². The first-order chi connectivity index (χ1) is 20.3. The number of piperazine rings is 1. The topological polar surface area (TPSA) is 148 Å². The molecular formula is C33H36N5O5-. The molecule has 0 aliphatic carbocycles. The molecule has 3 amide bonds. The molecule has 0 atom stereocenters. The van der Waals surface area contributed by atoms with Crippen molar-refractivity contribution in [2.75, 3.05) is 19.6 Å². The molecule has 0 spiro atoms. The number of guanidine groups is 1. The Morgan fingerprint density at radius 3 is 2.05 bits per heavy atom. The highest BCUT2D eigenvalue weighted by Crippen LogP contribution is 2.40. The van der Waals surface area contributed by atoms with Crippen molar-refractivity contribution in [3.8, 4) is 0 Å². The molecular weight excluding hydrogens is 546 g/mol. The van der Waals surface area contributed by atoms with Gasteiger partial charge in [-0.15, -0.1) is 0 Å². The first kappa shape index (κ1) is 31.0. The zero-order valence-corrected chi connectivity index (χ0v) is 24.8. The van der Waals surface area contributed by atoms with Gasteiger partial charge in [0.1, 0.15) is 0 Å². The highest BCUT2D eigenvalue weighted by Gasteiger charge is 2.50. The Morgan fingerprint density at radius 1 is 0.977 bits per heavy atom. The number of hydrogen-bond acceptors (Lipinski definition) is 7. The molecule has 0 aromatic heterocycles. The van der Waals surface area contributed by atoms with Crippen molar-refractivity contribution in [2.45, 2.75) is 39.8 Å². The van der Waals surface area contributed by atoms with Gasteiger partial charge in [-0.2, -0.15) is 0 Å². The van der Waals surface area contributed by atoms with Crippen LogP contribution in [0.3, 0.4) is 0 Å². The number of aliphatic carboxylic acids is 1. The number of nitrogens with zero attached hydrogens (tertiary/aromatic N) is 3. The molecule has 1 saturated heterocycles. The number of carbonyl (C=O) groups excluding carboxylic acids is 4. The van der Waals surface area contributed by atoms with E-state index in [1.165, 1.54) is 9.80 Å². The molecule has 2 heterocycles. The molecule has 3 N–H and O–H groups in total. The summed E-state index contributed by atoms with van der Waals surface area (Å²) < 4.78 is 0. The van der Waals surface area contributed by atoms with Crippen LogP contribution in [0.1, 0.15) is 53.4 Å². The molecule has 0 unspecified atom stereocenters. The van der Waals surface area contributed by atoms with Crippen LogP contribution in [0, 0.1) is 12.3 Å². The second-order valence-corrected chi connectivity index (χ2v) is 11.6. The van der Waals surface area contributed by atoms with Crippen LogP contribution in [-0.4, -0.2) is 59.1 Å². The number of aryl methyl sites for hydroxylation is 1. The number of carboxylic acid groups (broad SMARTS) is 1. The number of rotatable bonds is 5. The van der Waals surface area contributed by atoms with Gasteiger partial charge in [-0.05, 0) is 41.3 Å². The van der Waals surface area contributed by atoms with Gasteiger partial charge in [0.2, 0.25) is 5.91 Å². The number of nitrogens with two attached hydrogens (primary N) is 1. The van der Waals surface area contributed by atoms with E-state index in [4.69, 9.17) is 10.7 Å².